The van der Waals surface area contributed by atoms with Crippen LogP contribution in [0.15, 0.2) is 52.2 Å². The Bertz CT molecular complexity index is 934. The lowest BCUT2D eigenvalue weighted by atomic mass is 10.2. The number of amides is 1. The molecule has 6 nitrogen and oxygen atoms in total. The van der Waals surface area contributed by atoms with Crippen LogP contribution in [0.3, 0.4) is 0 Å². The van der Waals surface area contributed by atoms with E-state index in [4.69, 9.17) is 16.0 Å². The number of hydrogen-bond donors (Lipinski definition) is 0. The van der Waals surface area contributed by atoms with Crippen molar-refractivity contribution >= 4 is 29.3 Å². The molecule has 0 radical (unpaired) electrons. The number of benzene rings is 1. The maximum absolute atomic E-state index is 12.7. The Kier molecular flexibility index (Phi) is 5.73. The van der Waals surface area contributed by atoms with Gasteiger partial charge in [-0.2, -0.15) is 0 Å². The minimum absolute atomic E-state index is 0.156. The summed E-state index contributed by atoms with van der Waals surface area (Å²) >= 11 is 7.46. The fraction of sp³-hybridized carbons (Fsp3) is 0.350. The van der Waals surface area contributed by atoms with E-state index in [1.165, 1.54) is 11.8 Å². The first-order valence-corrected chi connectivity index (χ1v) is 10.5. The van der Waals surface area contributed by atoms with Crippen LogP contribution in [0.4, 0.5) is 0 Å². The van der Waals surface area contributed by atoms with Crippen molar-refractivity contribution in [3.05, 3.63) is 53.4 Å². The smallest absolute Gasteiger partial charge is 0.235 e. The largest absolute Gasteiger partial charge is 0.467 e. The fourth-order valence-corrected chi connectivity index (χ4v) is 4.35. The maximum Gasteiger partial charge on any atom is 0.235 e. The zero-order valence-corrected chi connectivity index (χ0v) is 17.1. The van der Waals surface area contributed by atoms with Crippen LogP contribution in [0.5, 0.6) is 0 Å². The normalized spacial score (nSPS) is 15.1. The first-order chi connectivity index (χ1) is 13.6. The van der Waals surface area contributed by atoms with Crippen molar-refractivity contribution in [2.45, 2.75) is 36.7 Å². The van der Waals surface area contributed by atoms with Gasteiger partial charge in [0.05, 0.1) is 18.1 Å². The molecule has 1 atom stereocenters. The second-order valence-electron chi connectivity index (χ2n) is 6.77. The fourth-order valence-electron chi connectivity index (χ4n) is 3.29. The summed E-state index contributed by atoms with van der Waals surface area (Å²) in [6.45, 7) is 4.11. The number of carbonyl (C=O) groups is 1. The van der Waals surface area contributed by atoms with E-state index in [0.29, 0.717) is 16.7 Å². The standard InChI is InChI=1S/C20H21ClN4O2S/c1-14(19(26)24-10-2-3-11-24)28-20-23-22-18(15-6-8-16(21)9-7-15)25(20)13-17-5-4-12-27-17/h4-9,12,14H,2-3,10-11,13H2,1H3/t14-/m0/s1. The highest BCUT2D eigenvalue weighted by Crippen LogP contribution is 2.29. The Morgan fingerprint density at radius 2 is 1.96 bits per heavy atom. The van der Waals surface area contributed by atoms with E-state index in [0.717, 1.165) is 43.1 Å². The van der Waals surface area contributed by atoms with Crippen LogP contribution in [0.1, 0.15) is 25.5 Å². The second kappa shape index (κ2) is 8.41. The molecular weight excluding hydrogens is 396 g/mol. The van der Waals surface area contributed by atoms with Gasteiger partial charge in [-0.1, -0.05) is 23.4 Å². The van der Waals surface area contributed by atoms with Crippen LogP contribution in [0.25, 0.3) is 11.4 Å². The Hall–Kier alpha value is -2.25. The molecule has 4 rings (SSSR count). The van der Waals surface area contributed by atoms with Crippen molar-refractivity contribution < 1.29 is 9.21 Å². The highest BCUT2D eigenvalue weighted by Gasteiger charge is 2.26. The zero-order valence-electron chi connectivity index (χ0n) is 15.5. The maximum atomic E-state index is 12.7. The van der Waals surface area contributed by atoms with Crippen LogP contribution in [0.2, 0.25) is 5.02 Å². The van der Waals surface area contributed by atoms with E-state index in [-0.39, 0.29) is 11.2 Å². The van der Waals surface area contributed by atoms with Gasteiger partial charge >= 0.3 is 0 Å². The molecule has 3 heterocycles. The third kappa shape index (κ3) is 4.10. The molecule has 1 amide bonds. The summed E-state index contributed by atoms with van der Waals surface area (Å²) in [4.78, 5) is 14.6. The van der Waals surface area contributed by atoms with Crippen LogP contribution in [-0.2, 0) is 11.3 Å². The van der Waals surface area contributed by atoms with Crippen molar-refractivity contribution in [3.8, 4) is 11.4 Å². The number of rotatable bonds is 6. The van der Waals surface area contributed by atoms with E-state index < -0.39 is 0 Å². The number of thioether (sulfide) groups is 1. The highest BCUT2D eigenvalue weighted by molar-refractivity contribution is 8.00. The lowest BCUT2D eigenvalue weighted by Gasteiger charge is -2.19. The number of aromatic nitrogens is 3. The molecule has 1 fully saturated rings. The third-order valence-corrected chi connectivity index (χ3v) is 6.08. The van der Waals surface area contributed by atoms with Crippen molar-refractivity contribution in [2.75, 3.05) is 13.1 Å². The van der Waals surface area contributed by atoms with Gasteiger partial charge in [0, 0.05) is 23.7 Å². The SMILES string of the molecule is C[C@H](Sc1nnc(-c2ccc(Cl)cc2)n1Cc1ccco1)C(=O)N1CCCC1. The van der Waals surface area contributed by atoms with Gasteiger partial charge in [0.1, 0.15) is 5.76 Å². The second-order valence-corrected chi connectivity index (χ2v) is 8.52. The molecule has 0 saturated carbocycles. The molecular formula is C20H21ClN4O2S. The molecule has 1 saturated heterocycles. The highest BCUT2D eigenvalue weighted by atomic mass is 35.5. The van der Waals surface area contributed by atoms with Crippen LogP contribution in [0, 0.1) is 0 Å². The zero-order chi connectivity index (χ0) is 19.5. The average molecular weight is 417 g/mol. The predicted molar refractivity (Wildman–Crippen MR) is 109 cm³/mol. The number of halogens is 1. The molecule has 0 unspecified atom stereocenters. The number of hydrogen-bond acceptors (Lipinski definition) is 5. The van der Waals surface area contributed by atoms with Crippen molar-refractivity contribution in [3.63, 3.8) is 0 Å². The summed E-state index contributed by atoms with van der Waals surface area (Å²) in [6, 6.07) is 11.3. The van der Waals surface area contributed by atoms with Crippen molar-refractivity contribution in [2.24, 2.45) is 0 Å². The molecule has 0 N–H and O–H groups in total. The van der Waals surface area contributed by atoms with E-state index in [9.17, 15) is 4.79 Å². The first-order valence-electron chi connectivity index (χ1n) is 9.29. The molecule has 1 aliphatic heterocycles. The molecule has 3 aromatic rings. The Morgan fingerprint density at radius 3 is 2.64 bits per heavy atom. The van der Waals surface area contributed by atoms with Gasteiger partial charge in [-0.25, -0.2) is 0 Å². The van der Waals surface area contributed by atoms with Gasteiger partial charge in [-0.05, 0) is 56.2 Å². The number of furan rings is 1. The number of likely N-dealkylation sites (tertiary alicyclic amines) is 1. The van der Waals surface area contributed by atoms with Crippen LogP contribution >= 0.6 is 23.4 Å². The molecule has 2 aromatic heterocycles. The molecule has 0 bridgehead atoms. The molecule has 28 heavy (non-hydrogen) atoms. The van der Waals surface area contributed by atoms with E-state index in [1.807, 2.05) is 52.8 Å². The topological polar surface area (TPSA) is 64.2 Å². The number of nitrogens with zero attached hydrogens (tertiary/aromatic N) is 4. The molecule has 1 aromatic carbocycles. The van der Waals surface area contributed by atoms with Crippen molar-refractivity contribution in [1.82, 2.24) is 19.7 Å². The third-order valence-electron chi connectivity index (χ3n) is 4.76. The number of carbonyl (C=O) groups excluding carboxylic acids is 1. The van der Waals surface area contributed by atoms with Crippen molar-refractivity contribution in [1.29, 1.82) is 0 Å². The minimum Gasteiger partial charge on any atom is -0.467 e. The first kappa shape index (κ1) is 19.1. The monoisotopic (exact) mass is 416 g/mol. The van der Waals surface area contributed by atoms with E-state index in [2.05, 4.69) is 10.2 Å². The summed E-state index contributed by atoms with van der Waals surface area (Å²) in [5, 5.41) is 9.90. The van der Waals surface area contributed by atoms with Gasteiger partial charge in [0.2, 0.25) is 5.91 Å². The molecule has 8 heteroatoms. The Balaban J connectivity index is 1.62. The lowest BCUT2D eigenvalue weighted by Crippen LogP contribution is -2.34. The minimum atomic E-state index is -0.226. The molecule has 0 aliphatic carbocycles. The summed E-state index contributed by atoms with van der Waals surface area (Å²) in [6.07, 6.45) is 3.81. The summed E-state index contributed by atoms with van der Waals surface area (Å²) in [7, 11) is 0. The van der Waals surface area contributed by atoms with E-state index >= 15 is 0 Å². The molecule has 146 valence electrons. The van der Waals surface area contributed by atoms with Gasteiger partial charge in [-0.15, -0.1) is 10.2 Å². The van der Waals surface area contributed by atoms with Gasteiger partial charge in [-0.3, -0.25) is 9.36 Å². The lowest BCUT2D eigenvalue weighted by molar-refractivity contribution is -0.129. The summed E-state index contributed by atoms with van der Waals surface area (Å²) in [5.74, 6) is 1.68. The van der Waals surface area contributed by atoms with Crippen LogP contribution in [-0.4, -0.2) is 43.9 Å². The van der Waals surface area contributed by atoms with Gasteiger partial charge in [0.15, 0.2) is 11.0 Å². The predicted octanol–water partition coefficient (Wildman–Crippen LogP) is 4.34. The van der Waals surface area contributed by atoms with E-state index in [1.54, 1.807) is 6.26 Å². The van der Waals surface area contributed by atoms with Gasteiger partial charge in [0.25, 0.3) is 0 Å². The average Bonchev–Trinajstić information content (AvgIpc) is 3.45. The summed E-state index contributed by atoms with van der Waals surface area (Å²) in [5.41, 5.74) is 0.911. The molecule has 0 spiro atoms. The Morgan fingerprint density at radius 1 is 1.21 bits per heavy atom. The van der Waals surface area contributed by atoms with Gasteiger partial charge < -0.3 is 9.32 Å². The summed E-state index contributed by atoms with van der Waals surface area (Å²) < 4.78 is 7.51. The van der Waals surface area contributed by atoms with Crippen LogP contribution < -0.4 is 0 Å². The Labute approximate surface area is 172 Å². The molecule has 1 aliphatic rings. The quantitative estimate of drug-likeness (QED) is 0.559.